The Balaban J connectivity index is 6.32. The number of alkyl halides is 9. The van der Waals surface area contributed by atoms with E-state index >= 15 is 0 Å². The lowest BCUT2D eigenvalue weighted by atomic mass is 10.3. The third-order valence-electron chi connectivity index (χ3n) is 2.24. The fourth-order valence-electron chi connectivity index (χ4n) is 0.992. The Kier molecular flexibility index (Phi) is 5.82. The van der Waals surface area contributed by atoms with Crippen LogP contribution in [-0.4, -0.2) is 52.5 Å². The molecule has 0 aromatic heterocycles. The summed E-state index contributed by atoms with van der Waals surface area (Å²) in [7, 11) is -16.0. The molecule has 19 heteroatoms. The maximum Gasteiger partial charge on any atom is 0.464 e. The monoisotopic (exact) mass is 444 g/mol. The predicted octanol–water partition coefficient (Wildman–Crippen LogP) is 2.29. The number of methoxy groups -OCH3 is 1. The molecule has 1 unspecified atom stereocenters. The Morgan fingerprint density at radius 2 is 0.960 bits per heavy atom. The summed E-state index contributed by atoms with van der Waals surface area (Å²) < 4.78 is 184. The fraction of sp³-hybridized carbons (Fsp3) is 1.00. The highest BCUT2D eigenvalue weighted by atomic mass is 32.3. The van der Waals surface area contributed by atoms with Crippen molar-refractivity contribution in [3.63, 3.8) is 0 Å². The molecule has 0 saturated heterocycles. The van der Waals surface area contributed by atoms with E-state index in [4.69, 9.17) is 0 Å². The van der Waals surface area contributed by atoms with E-state index in [0.717, 1.165) is 0 Å². The first-order chi connectivity index (χ1) is 10.5. The van der Waals surface area contributed by atoms with Gasteiger partial charge in [-0.05, 0) is 0 Å². The Hall–Kier alpha value is -0.950. The highest BCUT2D eigenvalue weighted by Gasteiger charge is 2.83. The Morgan fingerprint density at radius 3 is 1.20 bits per heavy atom. The average molecular weight is 444 g/mol. The van der Waals surface area contributed by atoms with Crippen molar-refractivity contribution < 1.29 is 73.6 Å². The van der Waals surface area contributed by atoms with E-state index in [-0.39, 0.29) is 0 Å². The third-order valence-corrected chi connectivity index (χ3v) is 3.96. The summed E-state index contributed by atoms with van der Waals surface area (Å²) in [5.41, 5.74) is 0. The van der Waals surface area contributed by atoms with Gasteiger partial charge < -0.3 is 4.74 Å². The minimum Gasteiger partial charge on any atom is -0.337 e. The molecule has 6 nitrogen and oxygen atoms in total. The van der Waals surface area contributed by atoms with Gasteiger partial charge in [0.05, 0.1) is 0 Å². The van der Waals surface area contributed by atoms with Gasteiger partial charge in [0.15, 0.2) is 0 Å². The van der Waals surface area contributed by atoms with Gasteiger partial charge in [-0.2, -0.15) is 56.3 Å². The van der Waals surface area contributed by atoms with Crippen LogP contribution in [0.3, 0.4) is 0 Å². The lowest BCUT2D eigenvalue weighted by Crippen LogP contribution is -2.65. The van der Waals surface area contributed by atoms with Crippen LogP contribution < -0.4 is 0 Å². The first-order valence-corrected chi connectivity index (χ1v) is 7.62. The summed E-state index contributed by atoms with van der Waals surface area (Å²) in [6, 6.07) is 0. The minimum absolute atomic E-state index is 0.571. The second-order valence-electron chi connectivity index (χ2n) is 3.84. The molecule has 0 amide bonds. The van der Waals surface area contributed by atoms with Gasteiger partial charge in [-0.3, -0.25) is 0 Å². The molecule has 0 aliphatic rings. The summed E-state index contributed by atoms with van der Waals surface area (Å²) in [6.07, 6.45) is -14.4. The van der Waals surface area contributed by atoms with Crippen molar-refractivity contribution in [3.8, 4) is 0 Å². The van der Waals surface area contributed by atoms with Crippen molar-refractivity contribution in [2.24, 2.45) is 0 Å². The number of halogens is 11. The van der Waals surface area contributed by atoms with Crippen LogP contribution in [0.5, 0.6) is 0 Å². The average Bonchev–Trinajstić information content (AvgIpc) is 2.32. The van der Waals surface area contributed by atoms with Crippen LogP contribution in [0.2, 0.25) is 0 Å². The molecule has 25 heavy (non-hydrogen) atoms. The molecule has 0 heterocycles. The van der Waals surface area contributed by atoms with Crippen LogP contribution >= 0.6 is 0 Å². The second-order valence-corrected chi connectivity index (χ2v) is 6.62. The lowest BCUT2D eigenvalue weighted by Gasteiger charge is -2.36. The lowest BCUT2D eigenvalue weighted by molar-refractivity contribution is -0.485. The van der Waals surface area contributed by atoms with Crippen molar-refractivity contribution in [2.75, 3.05) is 7.11 Å². The van der Waals surface area contributed by atoms with E-state index in [9.17, 15) is 64.1 Å². The number of ether oxygens (including phenoxy) is 2. The van der Waals surface area contributed by atoms with E-state index in [1.54, 1.807) is 4.74 Å². The molecule has 0 N–H and O–H groups in total. The molecule has 0 aliphatic carbocycles. The fourth-order valence-corrected chi connectivity index (χ4v) is 1.83. The van der Waals surface area contributed by atoms with Crippen molar-refractivity contribution in [3.05, 3.63) is 0 Å². The van der Waals surface area contributed by atoms with Crippen LogP contribution in [0.4, 0.5) is 47.3 Å². The quantitative estimate of drug-likeness (QED) is 0.422. The van der Waals surface area contributed by atoms with Gasteiger partial charge >= 0.3 is 49.0 Å². The normalized spacial score (nSPS) is 18.1. The second kappa shape index (κ2) is 6.05. The van der Waals surface area contributed by atoms with Gasteiger partial charge in [-0.1, -0.05) is 7.77 Å². The Labute approximate surface area is 130 Å². The van der Waals surface area contributed by atoms with E-state index in [2.05, 4.69) is 4.74 Å². The first-order valence-electron chi connectivity index (χ1n) is 4.85. The maximum atomic E-state index is 13.5. The molecule has 0 aromatic rings. The highest BCUT2D eigenvalue weighted by molar-refractivity contribution is 7.87. The Bertz CT molecular complexity index is 715. The minimum atomic E-state index is -7.73. The molecule has 152 valence electrons. The molecular weight excluding hydrogens is 441 g/mol. The van der Waals surface area contributed by atoms with Crippen molar-refractivity contribution >= 4 is 20.4 Å². The molecular formula is C6H3F11O6S2. The number of hydrogen-bond acceptors (Lipinski definition) is 6. The molecule has 0 spiro atoms. The summed E-state index contributed by atoms with van der Waals surface area (Å²) >= 11 is 0. The zero-order valence-corrected chi connectivity index (χ0v) is 12.6. The van der Waals surface area contributed by atoms with Crippen LogP contribution in [-0.2, 0) is 29.9 Å². The molecule has 0 aromatic carbocycles. The van der Waals surface area contributed by atoms with E-state index < -0.39 is 56.1 Å². The predicted molar refractivity (Wildman–Crippen MR) is 51.8 cm³/mol. The van der Waals surface area contributed by atoms with Crippen molar-refractivity contribution in [2.45, 2.75) is 28.6 Å². The molecule has 0 saturated carbocycles. The smallest absolute Gasteiger partial charge is 0.337 e. The van der Waals surface area contributed by atoms with Gasteiger partial charge in [0, 0.05) is 7.11 Å². The molecule has 0 bridgehead atoms. The SMILES string of the molecule is COC(F)(C(F)(F)OC(F)(F)C(F)(F)S(=O)(=O)F)C(F)(F)S(=O)(=O)F. The van der Waals surface area contributed by atoms with Crippen molar-refractivity contribution in [1.29, 1.82) is 0 Å². The van der Waals surface area contributed by atoms with Crippen LogP contribution in [0.15, 0.2) is 0 Å². The van der Waals surface area contributed by atoms with E-state index in [1.807, 2.05) is 0 Å². The van der Waals surface area contributed by atoms with Gasteiger partial charge in [0.2, 0.25) is 0 Å². The van der Waals surface area contributed by atoms with Crippen molar-refractivity contribution in [1.82, 2.24) is 0 Å². The largest absolute Gasteiger partial charge is 0.464 e. The Morgan fingerprint density at radius 1 is 0.640 bits per heavy atom. The standard InChI is InChI=1S/C6H3F11O6S2/c1-22-2(7,5(12,13)24(16,18)19)3(8,9)23-4(10,11)6(14,15)25(17,20)21/h1H3. The highest BCUT2D eigenvalue weighted by Crippen LogP contribution is 2.53. The molecule has 0 radical (unpaired) electrons. The molecule has 1 atom stereocenters. The van der Waals surface area contributed by atoms with Gasteiger partial charge in [0.25, 0.3) is 0 Å². The number of rotatable bonds is 8. The number of hydrogen-bond donors (Lipinski definition) is 0. The van der Waals surface area contributed by atoms with Gasteiger partial charge in [0.1, 0.15) is 0 Å². The molecule has 0 rings (SSSR count). The molecule has 0 fully saturated rings. The summed E-state index contributed by atoms with van der Waals surface area (Å²) in [5, 5.41) is -14.2. The topological polar surface area (TPSA) is 86.7 Å². The first kappa shape index (κ1) is 24.1. The van der Waals surface area contributed by atoms with E-state index in [1.165, 1.54) is 0 Å². The van der Waals surface area contributed by atoms with E-state index in [0.29, 0.717) is 0 Å². The third kappa shape index (κ3) is 3.63. The van der Waals surface area contributed by atoms with Crippen LogP contribution in [0, 0.1) is 0 Å². The zero-order chi connectivity index (χ0) is 20.9. The van der Waals surface area contributed by atoms with Crippen LogP contribution in [0.1, 0.15) is 0 Å². The summed E-state index contributed by atoms with van der Waals surface area (Å²) in [4.78, 5) is 0. The summed E-state index contributed by atoms with van der Waals surface area (Å²) in [5.74, 6) is -6.72. The van der Waals surface area contributed by atoms with Gasteiger partial charge in [-0.15, -0.1) is 0 Å². The zero-order valence-electron chi connectivity index (χ0n) is 10.9. The molecule has 0 aliphatic heterocycles. The van der Waals surface area contributed by atoms with Crippen LogP contribution in [0.25, 0.3) is 0 Å². The maximum absolute atomic E-state index is 13.5. The van der Waals surface area contributed by atoms with Gasteiger partial charge in [-0.25, -0.2) is 4.74 Å². The summed E-state index contributed by atoms with van der Waals surface area (Å²) in [6.45, 7) is 0.